The number of benzene rings is 3. The van der Waals surface area contributed by atoms with Gasteiger partial charge in [-0.3, -0.25) is 4.58 Å². The van der Waals surface area contributed by atoms with Crippen LogP contribution in [0.1, 0.15) is 15.9 Å². The third-order valence-corrected chi connectivity index (χ3v) is 4.31. The lowest BCUT2D eigenvalue weighted by Crippen LogP contribution is -2.13. The van der Waals surface area contributed by atoms with Crippen LogP contribution >= 0.6 is 23.2 Å². The molecule has 0 bridgehead atoms. The lowest BCUT2D eigenvalue weighted by atomic mass is 10.2. The Morgan fingerprint density at radius 3 is 2.32 bits per heavy atom. The Balaban J connectivity index is 1.96. The number of esters is 1. The quantitative estimate of drug-likeness (QED) is 0.120. The molecule has 0 aliphatic heterocycles. The van der Waals surface area contributed by atoms with Crippen molar-refractivity contribution in [2.24, 2.45) is 0 Å². The minimum atomic E-state index is -1.92. The van der Waals surface area contributed by atoms with Crippen molar-refractivity contribution in [2.75, 3.05) is 0 Å². The van der Waals surface area contributed by atoms with Crippen molar-refractivity contribution in [1.82, 2.24) is 0 Å². The number of carbonyl (C=O) groups is 1. The highest BCUT2D eigenvalue weighted by Gasteiger charge is 2.17. The number of hydrogen-bond acceptors (Lipinski definition) is 2. The van der Waals surface area contributed by atoms with Crippen molar-refractivity contribution < 1.29 is 22.9 Å². The normalized spacial score (nSPS) is 11.2. The monoisotopic (exact) mass is 419 g/mol. The van der Waals surface area contributed by atoms with Crippen LogP contribution in [-0.4, -0.2) is 16.8 Å². The van der Waals surface area contributed by atoms with E-state index in [0.717, 1.165) is 0 Å². The molecule has 0 radical (unpaired) electrons. The van der Waals surface area contributed by atoms with Crippen molar-refractivity contribution >= 4 is 41.1 Å². The van der Waals surface area contributed by atoms with E-state index < -0.39 is 12.5 Å². The predicted octanol–water partition coefficient (Wildman–Crippen LogP) is 6.36. The highest BCUT2D eigenvalue weighted by molar-refractivity contribution is 6.36. The first-order valence-corrected chi connectivity index (χ1v) is 8.84. The number of nitrogens with zero attached hydrogens (tertiary/aromatic N) is 1. The molecule has 3 rings (SSSR count). The van der Waals surface area contributed by atoms with Gasteiger partial charge in [-0.1, -0.05) is 59.6 Å². The number of rotatable bonds is 5. The molecule has 0 unspecified atom stereocenters. The van der Waals surface area contributed by atoms with Gasteiger partial charge >= 0.3 is 12.5 Å². The van der Waals surface area contributed by atoms with E-state index in [1.165, 1.54) is 42.6 Å². The molecule has 0 atom stereocenters. The average Bonchev–Trinajstić information content (AvgIpc) is 2.67. The number of hydrogen-bond donors (Lipinski definition) is 0. The Morgan fingerprint density at radius 2 is 1.64 bits per heavy atom. The lowest BCUT2D eigenvalue weighted by Gasteiger charge is -2.12. The van der Waals surface area contributed by atoms with Gasteiger partial charge in [0.1, 0.15) is 11.4 Å². The van der Waals surface area contributed by atoms with E-state index in [9.17, 15) is 13.6 Å². The highest BCUT2D eigenvalue weighted by atomic mass is 35.5. The summed E-state index contributed by atoms with van der Waals surface area (Å²) in [7, 11) is 0. The summed E-state index contributed by atoms with van der Waals surface area (Å²) in [6.45, 7) is -1.92. The third-order valence-electron chi connectivity index (χ3n) is 3.76. The second kappa shape index (κ2) is 8.87. The summed E-state index contributed by atoms with van der Waals surface area (Å²) in [6.07, 6.45) is 1.19. The molecule has 0 fully saturated rings. The van der Waals surface area contributed by atoms with Crippen molar-refractivity contribution in [3.05, 3.63) is 101 Å². The molecule has 0 heterocycles. The molecule has 0 aliphatic rings. The summed E-state index contributed by atoms with van der Waals surface area (Å²) in [5, 5.41) is 0.510. The van der Waals surface area contributed by atoms with Gasteiger partial charge in [-0.05, 0) is 36.4 Å². The first kappa shape index (κ1) is 19.9. The molecular formula is C21H13Cl2F2NO2. The van der Waals surface area contributed by atoms with Crippen molar-refractivity contribution in [3.63, 3.8) is 0 Å². The van der Waals surface area contributed by atoms with Crippen LogP contribution in [0, 0.1) is 6.55 Å². The van der Waals surface area contributed by atoms with E-state index in [0.29, 0.717) is 9.60 Å². The summed E-state index contributed by atoms with van der Waals surface area (Å²) < 4.78 is 33.1. The van der Waals surface area contributed by atoms with Crippen LogP contribution < -0.4 is 4.74 Å². The standard InChI is InChI=1S/C21H13Cl2F2NO2/c22-15-10-11-17(18(23)12-15)20(27)28-19-9-5-4-6-14(19)13-26(21(24)25)16-7-2-1-3-8-16/h1-13H. The predicted molar refractivity (Wildman–Crippen MR) is 105 cm³/mol. The first-order valence-electron chi connectivity index (χ1n) is 8.09. The molecule has 142 valence electrons. The summed E-state index contributed by atoms with van der Waals surface area (Å²) in [5.41, 5.74) is 0.672. The fourth-order valence-corrected chi connectivity index (χ4v) is 2.92. The number of carbonyl (C=O) groups excluding carboxylic acids is 1. The van der Waals surface area contributed by atoms with E-state index in [1.807, 2.05) is 0 Å². The van der Waals surface area contributed by atoms with Crippen LogP contribution in [-0.2, 0) is 0 Å². The zero-order chi connectivity index (χ0) is 20.1. The molecule has 3 nitrogen and oxygen atoms in total. The van der Waals surface area contributed by atoms with E-state index >= 15 is 0 Å². The molecule has 0 amide bonds. The summed E-state index contributed by atoms with van der Waals surface area (Å²) in [4.78, 5) is 12.5. The minimum Gasteiger partial charge on any atom is -0.423 e. The zero-order valence-electron chi connectivity index (χ0n) is 14.3. The van der Waals surface area contributed by atoms with Gasteiger partial charge in [0.15, 0.2) is 0 Å². The fraction of sp³-hybridized carbons (Fsp3) is 0. The van der Waals surface area contributed by atoms with Crippen LogP contribution in [0.4, 0.5) is 14.5 Å². The smallest absolute Gasteiger partial charge is 0.419 e. The lowest BCUT2D eigenvalue weighted by molar-refractivity contribution is -0.479. The molecule has 7 heteroatoms. The summed E-state index contributed by atoms with van der Waals surface area (Å²) in [5.74, 6) is -0.612. The van der Waals surface area contributed by atoms with Crippen molar-refractivity contribution in [1.29, 1.82) is 0 Å². The third kappa shape index (κ3) is 4.68. The zero-order valence-corrected chi connectivity index (χ0v) is 15.8. The molecule has 0 aliphatic carbocycles. The second-order valence-electron chi connectivity index (χ2n) is 5.63. The maximum atomic E-state index is 13.5. The highest BCUT2D eigenvalue weighted by Crippen LogP contribution is 2.25. The first-order chi connectivity index (χ1) is 13.5. The molecule has 28 heavy (non-hydrogen) atoms. The van der Waals surface area contributed by atoms with Gasteiger partial charge in [-0.25, -0.2) is 4.79 Å². The molecule has 0 spiro atoms. The van der Waals surface area contributed by atoms with E-state index in [-0.39, 0.29) is 27.6 Å². The Hall–Kier alpha value is -2.89. The maximum absolute atomic E-state index is 13.5. The largest absolute Gasteiger partial charge is 0.423 e. The minimum absolute atomic E-state index is 0.112. The van der Waals surface area contributed by atoms with E-state index in [2.05, 4.69) is 0 Å². The summed E-state index contributed by atoms with van der Waals surface area (Å²) in [6, 6.07) is 18.8. The molecule has 0 N–H and O–H groups in total. The number of halogens is 4. The topological polar surface area (TPSA) is 29.3 Å². The average molecular weight is 420 g/mol. The SMILES string of the molecule is O=C(Oc1ccccc1/C=[N+](/c1ccccc1)[C-](F)F)c1ccc(Cl)cc1Cl. The summed E-state index contributed by atoms with van der Waals surface area (Å²) >= 11 is 11.9. The van der Waals surface area contributed by atoms with E-state index in [1.54, 1.807) is 36.4 Å². The van der Waals surface area contributed by atoms with Gasteiger partial charge in [-0.15, -0.1) is 0 Å². The van der Waals surface area contributed by atoms with Crippen LogP contribution in [0.2, 0.25) is 10.0 Å². The van der Waals surface area contributed by atoms with Gasteiger partial charge in [0, 0.05) is 10.6 Å². The fourth-order valence-electron chi connectivity index (χ4n) is 2.44. The van der Waals surface area contributed by atoms with Crippen LogP contribution in [0.3, 0.4) is 0 Å². The maximum Gasteiger partial charge on any atom is 0.419 e. The van der Waals surface area contributed by atoms with Crippen LogP contribution in [0.5, 0.6) is 5.75 Å². The van der Waals surface area contributed by atoms with Crippen LogP contribution in [0.25, 0.3) is 0 Å². The molecule has 3 aromatic rings. The van der Waals surface area contributed by atoms with Crippen molar-refractivity contribution in [2.45, 2.75) is 0 Å². The molecule has 0 saturated carbocycles. The molecule has 0 saturated heterocycles. The molecule has 0 aromatic heterocycles. The Bertz CT molecular complexity index is 1020. The number of para-hydroxylation sites is 2. The molecule has 3 aromatic carbocycles. The Labute approximate surface area is 170 Å². The molecular weight excluding hydrogens is 407 g/mol. The van der Waals surface area contributed by atoms with Crippen molar-refractivity contribution in [3.8, 4) is 5.75 Å². The van der Waals surface area contributed by atoms with Crippen LogP contribution in [0.15, 0.2) is 72.8 Å². The van der Waals surface area contributed by atoms with Gasteiger partial charge in [0.25, 0.3) is 0 Å². The van der Waals surface area contributed by atoms with Gasteiger partial charge in [0.2, 0.25) is 0 Å². The second-order valence-corrected chi connectivity index (χ2v) is 6.47. The van der Waals surface area contributed by atoms with Gasteiger partial charge < -0.3 is 4.74 Å². The Kier molecular flexibility index (Phi) is 6.29. The Morgan fingerprint density at radius 1 is 0.964 bits per heavy atom. The van der Waals surface area contributed by atoms with E-state index in [4.69, 9.17) is 27.9 Å². The van der Waals surface area contributed by atoms with Gasteiger partial charge in [0.05, 0.1) is 16.8 Å². The number of ether oxygens (including phenoxy) is 1. The van der Waals surface area contributed by atoms with Gasteiger partial charge in [-0.2, -0.15) is 8.78 Å².